The van der Waals surface area contributed by atoms with Crippen molar-refractivity contribution < 1.29 is 5.21 Å². The van der Waals surface area contributed by atoms with Gasteiger partial charge in [0.2, 0.25) is 5.96 Å². The van der Waals surface area contributed by atoms with Crippen LogP contribution < -0.4 is 16.1 Å². The van der Waals surface area contributed by atoms with Crippen LogP contribution in [0.15, 0.2) is 35.3 Å². The molecule has 0 aliphatic heterocycles. The Kier molecular flexibility index (Phi) is 5.15. The van der Waals surface area contributed by atoms with E-state index in [4.69, 9.17) is 10.9 Å². The molecule has 0 aromatic heterocycles. The van der Waals surface area contributed by atoms with E-state index in [0.29, 0.717) is 6.54 Å². The first kappa shape index (κ1) is 12.3. The third-order valence-corrected chi connectivity index (χ3v) is 2.25. The SMILES string of the molecule is CN(CCCN=C(N)NO)c1ccccc1. The Labute approximate surface area is 95.5 Å². The Bertz CT molecular complexity index is 326. The minimum atomic E-state index is 0.0577. The number of nitrogens with zero attached hydrogens (tertiary/aromatic N) is 2. The summed E-state index contributed by atoms with van der Waals surface area (Å²) in [6, 6.07) is 10.1. The number of rotatable bonds is 5. The van der Waals surface area contributed by atoms with Gasteiger partial charge in [-0.2, -0.15) is 0 Å². The van der Waals surface area contributed by atoms with Crippen LogP contribution in [0.4, 0.5) is 5.69 Å². The second kappa shape index (κ2) is 6.68. The lowest BCUT2D eigenvalue weighted by Crippen LogP contribution is -2.28. The lowest BCUT2D eigenvalue weighted by atomic mass is 10.3. The molecular weight excluding hydrogens is 204 g/mol. The zero-order chi connectivity index (χ0) is 11.8. The molecule has 0 fully saturated rings. The molecule has 1 rings (SSSR count). The van der Waals surface area contributed by atoms with Gasteiger partial charge < -0.3 is 10.6 Å². The second-order valence-electron chi connectivity index (χ2n) is 3.49. The van der Waals surface area contributed by atoms with Crippen LogP contribution in [0.5, 0.6) is 0 Å². The molecule has 88 valence electrons. The lowest BCUT2D eigenvalue weighted by Gasteiger charge is -2.18. The largest absolute Gasteiger partial charge is 0.375 e. The zero-order valence-electron chi connectivity index (χ0n) is 9.43. The smallest absolute Gasteiger partial charge is 0.212 e. The van der Waals surface area contributed by atoms with Crippen LogP contribution >= 0.6 is 0 Å². The number of anilines is 1. The normalized spacial score (nSPS) is 11.2. The highest BCUT2D eigenvalue weighted by Gasteiger charge is 1.98. The average Bonchev–Trinajstić information content (AvgIpc) is 2.35. The lowest BCUT2D eigenvalue weighted by molar-refractivity contribution is 0.232. The fraction of sp³-hybridized carbons (Fsp3) is 0.364. The van der Waals surface area contributed by atoms with Crippen LogP contribution in [0.25, 0.3) is 0 Å². The number of nitrogens with one attached hydrogen (secondary N) is 1. The summed E-state index contributed by atoms with van der Waals surface area (Å²) >= 11 is 0. The molecule has 0 bridgehead atoms. The molecule has 0 amide bonds. The number of para-hydroxylation sites is 1. The van der Waals surface area contributed by atoms with Crippen LogP contribution in [0.3, 0.4) is 0 Å². The molecule has 1 aromatic carbocycles. The predicted octanol–water partition coefficient (Wildman–Crippen LogP) is 0.806. The van der Waals surface area contributed by atoms with Crippen molar-refractivity contribution in [2.45, 2.75) is 6.42 Å². The maximum absolute atomic E-state index is 8.41. The monoisotopic (exact) mass is 222 g/mol. The molecule has 0 saturated heterocycles. The first-order valence-corrected chi connectivity index (χ1v) is 5.20. The summed E-state index contributed by atoms with van der Waals surface area (Å²) < 4.78 is 0. The van der Waals surface area contributed by atoms with Crippen LogP contribution in [-0.4, -0.2) is 31.3 Å². The van der Waals surface area contributed by atoms with Crippen molar-refractivity contribution in [2.75, 3.05) is 25.0 Å². The highest BCUT2D eigenvalue weighted by Crippen LogP contribution is 2.10. The van der Waals surface area contributed by atoms with E-state index in [9.17, 15) is 0 Å². The maximum atomic E-state index is 8.41. The fourth-order valence-corrected chi connectivity index (χ4v) is 1.35. The number of hydrogen-bond acceptors (Lipinski definition) is 3. The van der Waals surface area contributed by atoms with Gasteiger partial charge in [-0.3, -0.25) is 10.2 Å². The molecular formula is C11H18N4O. The summed E-state index contributed by atoms with van der Waals surface area (Å²) in [4.78, 5) is 6.07. The van der Waals surface area contributed by atoms with Crippen LogP contribution in [0.2, 0.25) is 0 Å². The molecule has 0 heterocycles. The van der Waals surface area contributed by atoms with Crippen molar-refractivity contribution in [3.05, 3.63) is 30.3 Å². The average molecular weight is 222 g/mol. The van der Waals surface area contributed by atoms with Gasteiger partial charge in [0.25, 0.3) is 0 Å². The van der Waals surface area contributed by atoms with Crippen LogP contribution in [0, 0.1) is 0 Å². The first-order chi connectivity index (χ1) is 7.74. The van der Waals surface area contributed by atoms with Crippen LogP contribution in [-0.2, 0) is 0 Å². The first-order valence-electron chi connectivity index (χ1n) is 5.20. The fourth-order valence-electron chi connectivity index (χ4n) is 1.35. The number of guanidine groups is 1. The van der Waals surface area contributed by atoms with Gasteiger partial charge in [0.1, 0.15) is 0 Å². The molecule has 0 atom stereocenters. The van der Waals surface area contributed by atoms with Crippen molar-refractivity contribution in [1.82, 2.24) is 5.48 Å². The molecule has 0 aliphatic carbocycles. The quantitative estimate of drug-likeness (QED) is 0.298. The van der Waals surface area contributed by atoms with Crippen LogP contribution in [0.1, 0.15) is 6.42 Å². The van der Waals surface area contributed by atoms with Crippen molar-refractivity contribution >= 4 is 11.6 Å². The van der Waals surface area contributed by atoms with Gasteiger partial charge in [-0.05, 0) is 18.6 Å². The third-order valence-electron chi connectivity index (χ3n) is 2.25. The van der Waals surface area contributed by atoms with Crippen molar-refractivity contribution in [1.29, 1.82) is 0 Å². The van der Waals surface area contributed by atoms with E-state index in [1.54, 1.807) is 5.48 Å². The number of nitrogens with two attached hydrogens (primary N) is 1. The summed E-state index contributed by atoms with van der Waals surface area (Å²) in [7, 11) is 2.03. The maximum Gasteiger partial charge on any atom is 0.212 e. The van der Waals surface area contributed by atoms with Gasteiger partial charge in [-0.1, -0.05) is 18.2 Å². The van der Waals surface area contributed by atoms with E-state index in [2.05, 4.69) is 22.0 Å². The topological polar surface area (TPSA) is 73.9 Å². The van der Waals surface area contributed by atoms with E-state index in [-0.39, 0.29) is 5.96 Å². The van der Waals surface area contributed by atoms with E-state index in [1.165, 1.54) is 5.69 Å². The van der Waals surface area contributed by atoms with Crippen molar-refractivity contribution in [3.8, 4) is 0 Å². The molecule has 16 heavy (non-hydrogen) atoms. The van der Waals surface area contributed by atoms with E-state index in [0.717, 1.165) is 13.0 Å². The van der Waals surface area contributed by atoms with E-state index in [1.807, 2.05) is 25.2 Å². The predicted molar refractivity (Wildman–Crippen MR) is 65.7 cm³/mol. The van der Waals surface area contributed by atoms with Gasteiger partial charge in [0.15, 0.2) is 0 Å². The Morgan fingerprint density at radius 2 is 2.12 bits per heavy atom. The van der Waals surface area contributed by atoms with E-state index < -0.39 is 0 Å². The summed E-state index contributed by atoms with van der Waals surface area (Å²) in [5.41, 5.74) is 8.26. The highest BCUT2D eigenvalue weighted by atomic mass is 16.5. The van der Waals surface area contributed by atoms with E-state index >= 15 is 0 Å². The Hall–Kier alpha value is -1.75. The molecule has 0 saturated carbocycles. The van der Waals surface area contributed by atoms with Gasteiger partial charge in [-0.25, -0.2) is 5.48 Å². The summed E-state index contributed by atoms with van der Waals surface area (Å²) in [6.45, 7) is 1.49. The Morgan fingerprint density at radius 1 is 1.44 bits per heavy atom. The van der Waals surface area contributed by atoms with Gasteiger partial charge in [-0.15, -0.1) is 0 Å². The Morgan fingerprint density at radius 3 is 2.75 bits per heavy atom. The third kappa shape index (κ3) is 4.18. The summed E-state index contributed by atoms with van der Waals surface area (Å²) in [6.07, 6.45) is 0.883. The summed E-state index contributed by atoms with van der Waals surface area (Å²) in [5, 5.41) is 8.41. The number of hydrogen-bond donors (Lipinski definition) is 3. The standard InChI is InChI=1S/C11H18N4O/c1-15(10-6-3-2-4-7-10)9-5-8-13-11(12)14-16/h2-4,6-7,16H,5,8-9H2,1H3,(H3,12,13,14). The number of aliphatic imine (C=N–C) groups is 1. The molecule has 0 unspecified atom stereocenters. The van der Waals surface area contributed by atoms with Crippen molar-refractivity contribution in [2.24, 2.45) is 10.7 Å². The zero-order valence-corrected chi connectivity index (χ0v) is 9.43. The number of hydroxylamine groups is 1. The molecule has 5 nitrogen and oxygen atoms in total. The highest BCUT2D eigenvalue weighted by molar-refractivity contribution is 5.76. The van der Waals surface area contributed by atoms with Crippen molar-refractivity contribution in [3.63, 3.8) is 0 Å². The molecule has 5 heteroatoms. The van der Waals surface area contributed by atoms with Gasteiger partial charge in [0.05, 0.1) is 0 Å². The number of benzene rings is 1. The molecule has 4 N–H and O–H groups in total. The molecule has 0 aliphatic rings. The summed E-state index contributed by atoms with van der Waals surface area (Å²) in [5.74, 6) is 0.0577. The molecule has 0 spiro atoms. The Balaban J connectivity index is 2.29. The minimum absolute atomic E-state index is 0.0577. The minimum Gasteiger partial charge on any atom is -0.375 e. The van der Waals surface area contributed by atoms with Gasteiger partial charge >= 0.3 is 0 Å². The molecule has 1 aromatic rings. The molecule has 0 radical (unpaired) electrons. The van der Waals surface area contributed by atoms with Gasteiger partial charge in [0, 0.05) is 25.8 Å². The second-order valence-corrected chi connectivity index (χ2v) is 3.49.